The molecule has 96 valence electrons. The standard InChI is InChI=1S/C14H12ClN3O/c1-9-3-5-13(10(2)7-9)19-14-6-4-11(17-18-16)8-12(14)15/h3-8H,1-2H3. The molecule has 0 saturated carbocycles. The Morgan fingerprint density at radius 3 is 2.47 bits per heavy atom. The molecule has 2 aromatic rings. The van der Waals surface area contributed by atoms with Crippen LogP contribution in [0.4, 0.5) is 5.69 Å². The number of halogens is 1. The van der Waals surface area contributed by atoms with E-state index in [9.17, 15) is 0 Å². The summed E-state index contributed by atoms with van der Waals surface area (Å²) < 4.78 is 5.76. The van der Waals surface area contributed by atoms with Crippen LogP contribution in [0.5, 0.6) is 11.5 Å². The molecule has 0 amide bonds. The highest BCUT2D eigenvalue weighted by molar-refractivity contribution is 6.32. The van der Waals surface area contributed by atoms with Gasteiger partial charge in [0, 0.05) is 10.6 Å². The van der Waals surface area contributed by atoms with Gasteiger partial charge in [-0.25, -0.2) is 0 Å². The maximum atomic E-state index is 8.36. The Hall–Kier alpha value is -2.16. The predicted molar refractivity (Wildman–Crippen MR) is 76.2 cm³/mol. The molecule has 2 rings (SSSR count). The number of aryl methyl sites for hydroxylation is 2. The van der Waals surface area contributed by atoms with E-state index in [4.69, 9.17) is 21.9 Å². The Kier molecular flexibility index (Phi) is 3.95. The van der Waals surface area contributed by atoms with Crippen molar-refractivity contribution < 1.29 is 4.74 Å². The molecule has 0 fully saturated rings. The molecule has 0 aliphatic rings. The van der Waals surface area contributed by atoms with Crippen LogP contribution >= 0.6 is 11.6 Å². The third-order valence-corrected chi connectivity index (χ3v) is 2.92. The van der Waals surface area contributed by atoms with Crippen molar-refractivity contribution in [1.29, 1.82) is 0 Å². The number of benzene rings is 2. The molecule has 0 aromatic heterocycles. The number of azide groups is 1. The number of ether oxygens (including phenoxy) is 1. The predicted octanol–water partition coefficient (Wildman–Crippen LogP) is 5.69. The van der Waals surface area contributed by atoms with Crippen molar-refractivity contribution in [1.82, 2.24) is 0 Å². The minimum absolute atomic E-state index is 0.407. The van der Waals surface area contributed by atoms with Crippen LogP contribution in [-0.2, 0) is 0 Å². The second kappa shape index (κ2) is 5.65. The highest BCUT2D eigenvalue weighted by Crippen LogP contribution is 2.34. The smallest absolute Gasteiger partial charge is 0.146 e. The zero-order valence-electron chi connectivity index (χ0n) is 10.6. The summed E-state index contributed by atoms with van der Waals surface area (Å²) in [6, 6.07) is 10.8. The first-order chi connectivity index (χ1) is 9.10. The third-order valence-electron chi connectivity index (χ3n) is 2.63. The van der Waals surface area contributed by atoms with Crippen LogP contribution in [0.3, 0.4) is 0 Å². The van der Waals surface area contributed by atoms with Crippen molar-refractivity contribution in [2.75, 3.05) is 0 Å². The molecule has 0 bridgehead atoms. The van der Waals surface area contributed by atoms with Gasteiger partial charge in [0.05, 0.1) is 5.02 Å². The number of rotatable bonds is 3. The van der Waals surface area contributed by atoms with E-state index in [1.165, 1.54) is 5.56 Å². The van der Waals surface area contributed by atoms with Crippen molar-refractivity contribution in [3.8, 4) is 11.5 Å². The molecule has 19 heavy (non-hydrogen) atoms. The van der Waals surface area contributed by atoms with Crippen LogP contribution in [0.25, 0.3) is 10.4 Å². The SMILES string of the molecule is Cc1ccc(Oc2ccc(N=[N+]=[N-])cc2Cl)c(C)c1. The number of hydrogen-bond acceptors (Lipinski definition) is 2. The van der Waals surface area contributed by atoms with Gasteiger partial charge >= 0.3 is 0 Å². The summed E-state index contributed by atoms with van der Waals surface area (Å²) in [4.78, 5) is 2.71. The maximum Gasteiger partial charge on any atom is 0.146 e. The van der Waals surface area contributed by atoms with Crippen LogP contribution in [0.2, 0.25) is 5.02 Å². The maximum absolute atomic E-state index is 8.36. The molecule has 0 spiro atoms. The fourth-order valence-electron chi connectivity index (χ4n) is 1.72. The fraction of sp³-hybridized carbons (Fsp3) is 0.143. The van der Waals surface area contributed by atoms with Crippen LogP contribution in [0.1, 0.15) is 11.1 Å². The van der Waals surface area contributed by atoms with Crippen LogP contribution in [-0.4, -0.2) is 0 Å². The van der Waals surface area contributed by atoms with Crippen molar-refractivity contribution >= 4 is 17.3 Å². The largest absolute Gasteiger partial charge is 0.456 e. The molecule has 4 nitrogen and oxygen atoms in total. The van der Waals surface area contributed by atoms with Gasteiger partial charge in [-0.15, -0.1) is 0 Å². The summed E-state index contributed by atoms with van der Waals surface area (Å²) in [5, 5.41) is 3.89. The average molecular weight is 274 g/mol. The van der Waals surface area contributed by atoms with Gasteiger partial charge in [-0.3, -0.25) is 0 Å². The Morgan fingerprint density at radius 1 is 1.11 bits per heavy atom. The van der Waals surface area contributed by atoms with Gasteiger partial charge in [0.25, 0.3) is 0 Å². The highest BCUT2D eigenvalue weighted by atomic mass is 35.5. The molecule has 2 aromatic carbocycles. The molecule has 0 saturated heterocycles. The lowest BCUT2D eigenvalue weighted by molar-refractivity contribution is 0.479. The molecule has 0 aliphatic heterocycles. The summed E-state index contributed by atoms with van der Waals surface area (Å²) in [5.41, 5.74) is 11.0. The second-order valence-corrected chi connectivity index (χ2v) is 4.58. The van der Waals surface area contributed by atoms with E-state index >= 15 is 0 Å². The Labute approximate surface area is 116 Å². The minimum Gasteiger partial charge on any atom is -0.456 e. The van der Waals surface area contributed by atoms with Gasteiger partial charge < -0.3 is 4.74 Å². The van der Waals surface area contributed by atoms with Gasteiger partial charge in [-0.05, 0) is 49.2 Å². The molecular formula is C14H12ClN3O. The number of nitrogens with zero attached hydrogens (tertiary/aromatic N) is 3. The summed E-state index contributed by atoms with van der Waals surface area (Å²) in [6.45, 7) is 4.00. The Morgan fingerprint density at radius 2 is 1.84 bits per heavy atom. The normalized spacial score (nSPS) is 9.84. The first-order valence-corrected chi connectivity index (χ1v) is 6.07. The molecule has 0 atom stereocenters. The molecule has 0 aliphatic carbocycles. The van der Waals surface area contributed by atoms with Crippen molar-refractivity contribution in [3.05, 3.63) is 63.0 Å². The van der Waals surface area contributed by atoms with E-state index in [-0.39, 0.29) is 0 Å². The Bertz CT molecular complexity index is 664. The van der Waals surface area contributed by atoms with Crippen LogP contribution < -0.4 is 4.74 Å². The third kappa shape index (κ3) is 3.19. The van der Waals surface area contributed by atoms with E-state index in [0.29, 0.717) is 16.5 Å². The lowest BCUT2D eigenvalue weighted by Crippen LogP contribution is -1.89. The summed E-state index contributed by atoms with van der Waals surface area (Å²) in [7, 11) is 0. The van der Waals surface area contributed by atoms with E-state index in [1.54, 1.807) is 18.2 Å². The average Bonchev–Trinajstić information content (AvgIpc) is 2.36. The zero-order valence-corrected chi connectivity index (χ0v) is 11.3. The van der Waals surface area contributed by atoms with E-state index in [0.717, 1.165) is 11.3 Å². The summed E-state index contributed by atoms with van der Waals surface area (Å²) >= 11 is 6.09. The van der Waals surface area contributed by atoms with E-state index < -0.39 is 0 Å². The van der Waals surface area contributed by atoms with Gasteiger partial charge in [0.2, 0.25) is 0 Å². The molecular weight excluding hydrogens is 262 g/mol. The monoisotopic (exact) mass is 273 g/mol. The minimum atomic E-state index is 0.407. The second-order valence-electron chi connectivity index (χ2n) is 4.18. The fourth-order valence-corrected chi connectivity index (χ4v) is 1.93. The molecule has 0 radical (unpaired) electrons. The van der Waals surface area contributed by atoms with Crippen LogP contribution in [0.15, 0.2) is 41.5 Å². The van der Waals surface area contributed by atoms with Gasteiger partial charge in [-0.1, -0.05) is 34.4 Å². The molecule has 0 heterocycles. The topological polar surface area (TPSA) is 58.0 Å². The molecule has 0 N–H and O–H groups in total. The van der Waals surface area contributed by atoms with Crippen molar-refractivity contribution in [2.24, 2.45) is 5.11 Å². The van der Waals surface area contributed by atoms with Gasteiger partial charge in [-0.2, -0.15) is 0 Å². The number of hydrogen-bond donors (Lipinski definition) is 0. The van der Waals surface area contributed by atoms with Crippen molar-refractivity contribution in [2.45, 2.75) is 13.8 Å². The molecule has 0 unspecified atom stereocenters. The lowest BCUT2D eigenvalue weighted by atomic mass is 10.1. The lowest BCUT2D eigenvalue weighted by Gasteiger charge is -2.11. The Balaban J connectivity index is 2.30. The molecule has 5 heteroatoms. The van der Waals surface area contributed by atoms with E-state index in [2.05, 4.69) is 10.0 Å². The summed E-state index contributed by atoms with van der Waals surface area (Å²) in [6.07, 6.45) is 0. The zero-order chi connectivity index (χ0) is 13.8. The highest BCUT2D eigenvalue weighted by Gasteiger charge is 2.06. The summed E-state index contributed by atoms with van der Waals surface area (Å²) in [5.74, 6) is 1.29. The first kappa shape index (κ1) is 13.3. The van der Waals surface area contributed by atoms with Gasteiger partial charge in [0.1, 0.15) is 11.5 Å². The first-order valence-electron chi connectivity index (χ1n) is 5.70. The van der Waals surface area contributed by atoms with E-state index in [1.807, 2.05) is 32.0 Å². The van der Waals surface area contributed by atoms with Gasteiger partial charge in [0.15, 0.2) is 0 Å². The van der Waals surface area contributed by atoms with Crippen molar-refractivity contribution in [3.63, 3.8) is 0 Å². The van der Waals surface area contributed by atoms with Crippen LogP contribution in [0, 0.1) is 13.8 Å². The quantitative estimate of drug-likeness (QED) is 0.402.